The summed E-state index contributed by atoms with van der Waals surface area (Å²) in [6.07, 6.45) is 3.16. The first-order valence-electron chi connectivity index (χ1n) is 11.0. The van der Waals surface area contributed by atoms with Gasteiger partial charge in [-0.2, -0.15) is 10.3 Å². The lowest BCUT2D eigenvalue weighted by atomic mass is 10.2. The van der Waals surface area contributed by atoms with Crippen LogP contribution in [0, 0.1) is 18.3 Å². The molecule has 5 rings (SSSR count). The fraction of sp³-hybridized carbons (Fsp3) is 0.240. The van der Waals surface area contributed by atoms with Crippen LogP contribution in [0.1, 0.15) is 34.3 Å². The maximum Gasteiger partial charge on any atom is 0.280 e. The number of nitriles is 1. The number of fused-ring (bicyclic) bond motifs is 2. The van der Waals surface area contributed by atoms with Crippen molar-refractivity contribution in [2.45, 2.75) is 32.4 Å². The molecule has 0 bridgehead atoms. The minimum atomic E-state index is -0.641. The van der Waals surface area contributed by atoms with Crippen LogP contribution in [-0.4, -0.2) is 32.6 Å². The molecule has 1 aromatic carbocycles. The fourth-order valence-electron chi connectivity index (χ4n) is 4.27. The van der Waals surface area contributed by atoms with Gasteiger partial charge in [0.25, 0.3) is 11.5 Å². The second-order valence-electron chi connectivity index (χ2n) is 8.32. The number of hydrogen-bond acceptors (Lipinski definition) is 5. The Morgan fingerprint density at radius 3 is 2.83 bits per heavy atom. The summed E-state index contributed by atoms with van der Waals surface area (Å²) in [5.74, 6) is -0.641. The van der Waals surface area contributed by atoms with Crippen LogP contribution < -0.4 is 11.0 Å². The maximum atomic E-state index is 13.4. The normalized spacial score (nSPS) is 16.2. The van der Waals surface area contributed by atoms with Crippen molar-refractivity contribution in [3.05, 3.63) is 85.2 Å². The van der Waals surface area contributed by atoms with E-state index in [1.165, 1.54) is 22.6 Å². The summed E-state index contributed by atoms with van der Waals surface area (Å²) >= 11 is 12.2. The van der Waals surface area contributed by atoms with Gasteiger partial charge in [0.1, 0.15) is 17.4 Å². The second kappa shape index (κ2) is 9.27. The summed E-state index contributed by atoms with van der Waals surface area (Å²) in [6, 6.07) is 11.6. The molecule has 0 N–H and O–H groups in total. The van der Waals surface area contributed by atoms with Gasteiger partial charge in [0.05, 0.1) is 34.2 Å². The zero-order valence-corrected chi connectivity index (χ0v) is 20.2. The Balaban J connectivity index is 1.85. The molecule has 1 aliphatic heterocycles. The topological polar surface area (TPSA) is 102 Å². The van der Waals surface area contributed by atoms with E-state index in [0.717, 1.165) is 18.4 Å². The monoisotopic (exact) mass is 507 g/mol. The predicted molar refractivity (Wildman–Crippen MR) is 132 cm³/mol. The molecule has 0 aliphatic carbocycles. The highest BCUT2D eigenvalue weighted by Gasteiger charge is 2.22. The Hall–Kier alpha value is -3.51. The molecule has 4 heterocycles. The van der Waals surface area contributed by atoms with Crippen molar-refractivity contribution in [1.82, 2.24) is 14.0 Å². The highest BCUT2D eigenvalue weighted by molar-refractivity contribution is 6.36. The Bertz CT molecular complexity index is 1680. The first kappa shape index (κ1) is 23.2. The fourth-order valence-corrected chi connectivity index (χ4v) is 4.76. The van der Waals surface area contributed by atoms with E-state index in [2.05, 4.69) is 11.1 Å². The summed E-state index contributed by atoms with van der Waals surface area (Å²) in [5, 5.41) is 10.7. The minimum Gasteiger partial charge on any atom is -0.376 e. The number of carbonyl (C=O) groups is 1. The van der Waals surface area contributed by atoms with Crippen molar-refractivity contribution in [3.8, 4) is 6.07 Å². The number of aromatic nitrogens is 3. The van der Waals surface area contributed by atoms with Crippen LogP contribution in [0.15, 0.2) is 52.4 Å². The Morgan fingerprint density at radius 2 is 2.11 bits per heavy atom. The molecule has 4 aromatic rings. The van der Waals surface area contributed by atoms with Gasteiger partial charge < -0.3 is 9.30 Å². The molecule has 1 aliphatic rings. The highest BCUT2D eigenvalue weighted by atomic mass is 35.5. The van der Waals surface area contributed by atoms with E-state index in [1.807, 2.05) is 13.0 Å². The van der Waals surface area contributed by atoms with Crippen molar-refractivity contribution in [2.75, 3.05) is 6.61 Å². The largest absolute Gasteiger partial charge is 0.376 e. The number of halogens is 2. The van der Waals surface area contributed by atoms with Crippen LogP contribution in [-0.2, 0) is 11.3 Å². The molecule has 35 heavy (non-hydrogen) atoms. The van der Waals surface area contributed by atoms with Crippen LogP contribution in [0.3, 0.4) is 0 Å². The number of nitrogens with zero attached hydrogens (tertiary/aromatic N) is 5. The first-order chi connectivity index (χ1) is 16.9. The van der Waals surface area contributed by atoms with E-state index in [4.69, 9.17) is 32.9 Å². The van der Waals surface area contributed by atoms with E-state index in [0.29, 0.717) is 22.9 Å². The van der Waals surface area contributed by atoms with E-state index in [9.17, 15) is 14.9 Å². The molecular weight excluding hydrogens is 489 g/mol. The lowest BCUT2D eigenvalue weighted by molar-refractivity contribution is 0.0952. The minimum absolute atomic E-state index is 0.0698. The number of aryl methyl sites for hydroxylation is 1. The number of pyridine rings is 2. The number of benzene rings is 1. The first-order valence-corrected chi connectivity index (χ1v) is 11.7. The lowest BCUT2D eigenvalue weighted by Gasteiger charge is -2.17. The molecule has 3 aromatic heterocycles. The summed E-state index contributed by atoms with van der Waals surface area (Å²) in [6.45, 7) is 2.75. The highest BCUT2D eigenvalue weighted by Crippen LogP contribution is 2.22. The maximum absolute atomic E-state index is 13.4. The van der Waals surface area contributed by atoms with Gasteiger partial charge in [-0.15, -0.1) is 0 Å². The van der Waals surface area contributed by atoms with Crippen LogP contribution in [0.4, 0.5) is 0 Å². The standard InChI is InChI=1S/C25H19Cl2N5O3/c1-14-4-2-8-31-21(14)29-23-19(25(31)34)10-15(12-28)22(32(23)13-17-5-3-9-35-17)30-24(33)18-7-6-16(26)11-20(18)27/h2,4,6-8,10-11,17H,3,5,9,13H2,1H3. The number of hydrogen-bond donors (Lipinski definition) is 0. The third-order valence-corrected chi connectivity index (χ3v) is 6.55. The van der Waals surface area contributed by atoms with E-state index in [1.54, 1.807) is 22.9 Å². The smallest absolute Gasteiger partial charge is 0.280 e. The molecule has 1 fully saturated rings. The van der Waals surface area contributed by atoms with Crippen LogP contribution in [0.25, 0.3) is 16.7 Å². The number of amides is 1. The Morgan fingerprint density at radius 1 is 1.29 bits per heavy atom. The Labute approximate surface area is 209 Å². The molecular formula is C25H19Cl2N5O3. The second-order valence-corrected chi connectivity index (χ2v) is 9.16. The van der Waals surface area contributed by atoms with Gasteiger partial charge in [-0.25, -0.2) is 4.98 Å². The van der Waals surface area contributed by atoms with Gasteiger partial charge in [-0.1, -0.05) is 29.3 Å². The van der Waals surface area contributed by atoms with Crippen LogP contribution in [0.5, 0.6) is 0 Å². The third-order valence-electron chi connectivity index (χ3n) is 6.00. The molecule has 1 saturated heterocycles. The van der Waals surface area contributed by atoms with Crippen LogP contribution >= 0.6 is 23.2 Å². The van der Waals surface area contributed by atoms with Gasteiger partial charge >= 0.3 is 0 Å². The average Bonchev–Trinajstić information content (AvgIpc) is 3.34. The summed E-state index contributed by atoms with van der Waals surface area (Å²) in [5.41, 5.74) is 1.61. The van der Waals surface area contributed by atoms with E-state index in [-0.39, 0.29) is 45.2 Å². The number of rotatable bonds is 3. The van der Waals surface area contributed by atoms with Gasteiger partial charge in [-0.05, 0) is 55.7 Å². The molecule has 0 saturated carbocycles. The number of carbonyl (C=O) groups excluding carboxylic acids is 1. The van der Waals surface area contributed by atoms with Crippen molar-refractivity contribution in [1.29, 1.82) is 5.26 Å². The predicted octanol–water partition coefficient (Wildman–Crippen LogP) is 4.06. The quantitative estimate of drug-likeness (QED) is 0.389. The zero-order chi connectivity index (χ0) is 24.7. The zero-order valence-electron chi connectivity index (χ0n) is 18.7. The molecule has 1 unspecified atom stereocenters. The molecule has 176 valence electrons. The van der Waals surface area contributed by atoms with E-state index >= 15 is 0 Å². The summed E-state index contributed by atoms with van der Waals surface area (Å²) in [4.78, 5) is 35.6. The van der Waals surface area contributed by atoms with Gasteiger partial charge in [0.2, 0.25) is 0 Å². The van der Waals surface area contributed by atoms with Crippen LogP contribution in [0.2, 0.25) is 10.0 Å². The van der Waals surface area contributed by atoms with Crippen molar-refractivity contribution < 1.29 is 9.53 Å². The molecule has 1 amide bonds. The van der Waals surface area contributed by atoms with Crippen molar-refractivity contribution >= 4 is 45.8 Å². The average molecular weight is 508 g/mol. The molecule has 8 nitrogen and oxygen atoms in total. The van der Waals surface area contributed by atoms with Gasteiger partial charge in [0, 0.05) is 17.8 Å². The summed E-state index contributed by atoms with van der Waals surface area (Å²) in [7, 11) is 0. The molecule has 1 atom stereocenters. The third kappa shape index (κ3) is 4.23. The molecule has 0 radical (unpaired) electrons. The Kier molecular flexibility index (Phi) is 6.15. The molecule has 0 spiro atoms. The SMILES string of the molecule is Cc1cccn2c(=O)c3cc(C#N)c(=NC(=O)c4ccc(Cl)cc4Cl)n(CC4CCCO4)c3nc12. The number of ether oxygens (including phenoxy) is 1. The van der Waals surface area contributed by atoms with Gasteiger partial charge in [-0.3, -0.25) is 14.0 Å². The van der Waals surface area contributed by atoms with Crippen molar-refractivity contribution in [3.63, 3.8) is 0 Å². The van der Waals surface area contributed by atoms with Gasteiger partial charge in [0.15, 0.2) is 5.49 Å². The van der Waals surface area contributed by atoms with E-state index < -0.39 is 5.91 Å². The lowest BCUT2D eigenvalue weighted by Crippen LogP contribution is -2.33. The van der Waals surface area contributed by atoms with Crippen molar-refractivity contribution in [2.24, 2.45) is 4.99 Å². The molecule has 10 heteroatoms. The summed E-state index contributed by atoms with van der Waals surface area (Å²) < 4.78 is 8.91.